The van der Waals surface area contributed by atoms with Gasteiger partial charge in [0.05, 0.1) is 0 Å². The highest BCUT2D eigenvalue weighted by Gasteiger charge is 2.36. The molecule has 0 spiro atoms. The zero-order chi connectivity index (χ0) is 12.6. The molecule has 1 aliphatic rings. The quantitative estimate of drug-likeness (QED) is 0.786. The molecule has 1 saturated carbocycles. The lowest BCUT2D eigenvalue weighted by atomic mass is 10.0. The van der Waals surface area contributed by atoms with E-state index >= 15 is 0 Å². The van der Waals surface area contributed by atoms with Crippen molar-refractivity contribution >= 4 is 11.6 Å². The van der Waals surface area contributed by atoms with Gasteiger partial charge in [-0.3, -0.25) is 4.79 Å². The molecule has 3 nitrogen and oxygen atoms in total. The van der Waals surface area contributed by atoms with Gasteiger partial charge in [-0.15, -0.1) is 0 Å². The number of carbonyl (C=O) groups is 1. The van der Waals surface area contributed by atoms with Crippen LogP contribution in [-0.2, 0) is 0 Å². The highest BCUT2D eigenvalue weighted by atomic mass is 16.1. The standard InChI is InChI=1S/C14H20N2O/c1-4-10-6-13(10)16-14(17)11-7-12(15)9(3)5-8(11)2/h5,7,10,13H,4,6,15H2,1-3H3,(H,16,17). The predicted octanol–water partition coefficient (Wildman–Crippen LogP) is 2.41. The first kappa shape index (κ1) is 12.0. The van der Waals surface area contributed by atoms with Gasteiger partial charge in [-0.05, 0) is 43.4 Å². The maximum absolute atomic E-state index is 12.1. The number of benzene rings is 1. The van der Waals surface area contributed by atoms with Crippen LogP contribution in [-0.4, -0.2) is 11.9 Å². The first-order valence-electron chi connectivity index (χ1n) is 6.20. The molecule has 2 unspecified atom stereocenters. The van der Waals surface area contributed by atoms with Gasteiger partial charge in [0.1, 0.15) is 0 Å². The van der Waals surface area contributed by atoms with Crippen molar-refractivity contribution in [3.63, 3.8) is 0 Å². The normalized spacial score (nSPS) is 22.3. The molecular weight excluding hydrogens is 212 g/mol. The van der Waals surface area contributed by atoms with E-state index < -0.39 is 0 Å². The lowest BCUT2D eigenvalue weighted by Gasteiger charge is -2.10. The molecule has 1 amide bonds. The zero-order valence-corrected chi connectivity index (χ0v) is 10.7. The van der Waals surface area contributed by atoms with Gasteiger partial charge in [-0.25, -0.2) is 0 Å². The fourth-order valence-electron chi connectivity index (χ4n) is 2.24. The number of hydrogen-bond donors (Lipinski definition) is 2. The molecule has 1 aromatic rings. The zero-order valence-electron chi connectivity index (χ0n) is 10.7. The van der Waals surface area contributed by atoms with Crippen LogP contribution in [0.5, 0.6) is 0 Å². The van der Waals surface area contributed by atoms with Crippen molar-refractivity contribution in [2.45, 2.75) is 39.7 Å². The molecular formula is C14H20N2O. The van der Waals surface area contributed by atoms with E-state index in [9.17, 15) is 4.79 Å². The summed E-state index contributed by atoms with van der Waals surface area (Å²) in [5.41, 5.74) is 9.25. The first-order valence-corrected chi connectivity index (χ1v) is 6.20. The number of nitrogens with one attached hydrogen (secondary N) is 1. The molecule has 0 bridgehead atoms. The number of anilines is 1. The maximum Gasteiger partial charge on any atom is 0.251 e. The second kappa shape index (κ2) is 4.40. The average molecular weight is 232 g/mol. The molecule has 2 atom stereocenters. The van der Waals surface area contributed by atoms with E-state index in [0.717, 1.165) is 24.0 Å². The van der Waals surface area contributed by atoms with Gasteiger partial charge in [0.15, 0.2) is 0 Å². The lowest BCUT2D eigenvalue weighted by molar-refractivity contribution is 0.0948. The minimum Gasteiger partial charge on any atom is -0.398 e. The fourth-order valence-corrected chi connectivity index (χ4v) is 2.24. The van der Waals surface area contributed by atoms with E-state index in [0.29, 0.717) is 23.2 Å². The summed E-state index contributed by atoms with van der Waals surface area (Å²) >= 11 is 0. The Balaban J connectivity index is 2.12. The molecule has 2 rings (SSSR count). The molecule has 0 radical (unpaired) electrons. The summed E-state index contributed by atoms with van der Waals surface area (Å²) in [6.07, 6.45) is 2.25. The van der Waals surface area contributed by atoms with Crippen LogP contribution in [0, 0.1) is 19.8 Å². The second-order valence-electron chi connectivity index (χ2n) is 5.01. The molecule has 0 heterocycles. The van der Waals surface area contributed by atoms with Crippen LogP contribution in [0.4, 0.5) is 5.69 Å². The lowest BCUT2D eigenvalue weighted by Crippen LogP contribution is -2.27. The van der Waals surface area contributed by atoms with Gasteiger partial charge in [-0.1, -0.05) is 19.4 Å². The Hall–Kier alpha value is -1.51. The van der Waals surface area contributed by atoms with Crippen LogP contribution in [0.3, 0.4) is 0 Å². The number of nitrogen functional groups attached to an aromatic ring is 1. The summed E-state index contributed by atoms with van der Waals surface area (Å²) in [5, 5.41) is 3.06. The third kappa shape index (κ3) is 2.43. The molecule has 0 saturated heterocycles. The van der Waals surface area contributed by atoms with Crippen molar-refractivity contribution in [2.24, 2.45) is 5.92 Å². The SMILES string of the molecule is CCC1CC1NC(=O)c1cc(N)c(C)cc1C. The van der Waals surface area contributed by atoms with Crippen LogP contribution in [0.1, 0.15) is 41.3 Å². The third-order valence-electron chi connectivity index (χ3n) is 3.62. The fraction of sp³-hybridized carbons (Fsp3) is 0.500. The summed E-state index contributed by atoms with van der Waals surface area (Å²) in [6, 6.07) is 4.12. The van der Waals surface area contributed by atoms with Crippen molar-refractivity contribution < 1.29 is 4.79 Å². The smallest absolute Gasteiger partial charge is 0.251 e. The number of aryl methyl sites for hydroxylation is 2. The van der Waals surface area contributed by atoms with E-state index in [4.69, 9.17) is 5.73 Å². The van der Waals surface area contributed by atoms with E-state index in [-0.39, 0.29) is 5.91 Å². The summed E-state index contributed by atoms with van der Waals surface area (Å²) in [7, 11) is 0. The molecule has 0 aliphatic heterocycles. The van der Waals surface area contributed by atoms with Gasteiger partial charge in [0.2, 0.25) is 0 Å². The van der Waals surface area contributed by atoms with Crippen LogP contribution < -0.4 is 11.1 Å². The third-order valence-corrected chi connectivity index (χ3v) is 3.62. The Kier molecular flexibility index (Phi) is 3.09. The van der Waals surface area contributed by atoms with E-state index in [1.807, 2.05) is 19.9 Å². The minimum atomic E-state index is 0.00940. The Bertz CT molecular complexity index is 454. The number of carbonyl (C=O) groups excluding carboxylic acids is 1. The highest BCUT2D eigenvalue weighted by molar-refractivity contribution is 5.97. The number of amides is 1. The first-order chi connectivity index (χ1) is 8.02. The van der Waals surface area contributed by atoms with E-state index in [2.05, 4.69) is 12.2 Å². The molecule has 1 fully saturated rings. The average Bonchev–Trinajstić information content (AvgIpc) is 3.01. The molecule has 3 heteroatoms. The van der Waals surface area contributed by atoms with Crippen molar-refractivity contribution in [3.8, 4) is 0 Å². The van der Waals surface area contributed by atoms with Gasteiger partial charge < -0.3 is 11.1 Å². The second-order valence-corrected chi connectivity index (χ2v) is 5.01. The number of hydrogen-bond acceptors (Lipinski definition) is 2. The molecule has 1 aliphatic carbocycles. The molecule has 1 aromatic carbocycles. The van der Waals surface area contributed by atoms with Gasteiger partial charge in [0.25, 0.3) is 5.91 Å². The highest BCUT2D eigenvalue weighted by Crippen LogP contribution is 2.33. The molecule has 17 heavy (non-hydrogen) atoms. The summed E-state index contributed by atoms with van der Waals surface area (Å²) in [4.78, 5) is 12.1. The van der Waals surface area contributed by atoms with Gasteiger partial charge >= 0.3 is 0 Å². The van der Waals surface area contributed by atoms with Crippen LogP contribution in [0.15, 0.2) is 12.1 Å². The number of nitrogens with two attached hydrogens (primary N) is 1. The van der Waals surface area contributed by atoms with E-state index in [1.54, 1.807) is 6.07 Å². The van der Waals surface area contributed by atoms with Gasteiger partial charge in [-0.2, -0.15) is 0 Å². The van der Waals surface area contributed by atoms with Crippen molar-refractivity contribution in [1.29, 1.82) is 0 Å². The summed E-state index contributed by atoms with van der Waals surface area (Å²) in [5.74, 6) is 0.678. The van der Waals surface area contributed by atoms with E-state index in [1.165, 1.54) is 0 Å². The molecule has 3 N–H and O–H groups in total. The van der Waals surface area contributed by atoms with Crippen LogP contribution in [0.25, 0.3) is 0 Å². The Labute approximate surface area is 102 Å². The monoisotopic (exact) mass is 232 g/mol. The Morgan fingerprint density at radius 1 is 1.41 bits per heavy atom. The largest absolute Gasteiger partial charge is 0.398 e. The predicted molar refractivity (Wildman–Crippen MR) is 70.0 cm³/mol. The van der Waals surface area contributed by atoms with Gasteiger partial charge in [0, 0.05) is 17.3 Å². The number of rotatable bonds is 3. The van der Waals surface area contributed by atoms with Crippen LogP contribution in [0.2, 0.25) is 0 Å². The van der Waals surface area contributed by atoms with Crippen LogP contribution >= 0.6 is 0 Å². The van der Waals surface area contributed by atoms with Crippen molar-refractivity contribution in [2.75, 3.05) is 5.73 Å². The maximum atomic E-state index is 12.1. The molecule has 92 valence electrons. The van der Waals surface area contributed by atoms with Crippen molar-refractivity contribution in [1.82, 2.24) is 5.32 Å². The summed E-state index contributed by atoms with van der Waals surface area (Å²) in [6.45, 7) is 6.06. The Morgan fingerprint density at radius 2 is 2.12 bits per heavy atom. The Morgan fingerprint density at radius 3 is 2.71 bits per heavy atom. The molecule has 0 aromatic heterocycles. The van der Waals surface area contributed by atoms with Crippen molar-refractivity contribution in [3.05, 3.63) is 28.8 Å². The topological polar surface area (TPSA) is 55.1 Å². The minimum absolute atomic E-state index is 0.00940. The summed E-state index contributed by atoms with van der Waals surface area (Å²) < 4.78 is 0.